The standard InChI is InChI=1S/C22H16N4O4/c1-29-21(27)19-20(22(28)30-2)25-17(16-10-8-14(13-23)9-11-16)12-18(26(25)24-19)15-6-4-3-5-7-15/h3-12H,1-2H3. The number of carbonyl (C=O) groups excluding carboxylic acids is 2. The summed E-state index contributed by atoms with van der Waals surface area (Å²) in [5, 5.41) is 15.3. The molecular weight excluding hydrogens is 384 g/mol. The first-order valence-corrected chi connectivity index (χ1v) is 8.96. The Labute approximate surface area is 170 Å². The van der Waals surface area contributed by atoms with Gasteiger partial charge in [0.15, 0.2) is 5.35 Å². The molecule has 0 fully saturated rings. The minimum atomic E-state index is -0.753. The molecule has 0 atom stereocenters. The molecule has 0 N–H and O–H groups in total. The molecule has 0 aliphatic rings. The Morgan fingerprint density at radius 1 is 1.00 bits per heavy atom. The summed E-state index contributed by atoms with van der Waals surface area (Å²) >= 11 is 0. The fourth-order valence-electron chi connectivity index (χ4n) is 3.26. The van der Waals surface area contributed by atoms with Gasteiger partial charge in [0, 0.05) is 16.8 Å². The van der Waals surface area contributed by atoms with E-state index < -0.39 is 11.9 Å². The monoisotopic (exact) mass is 400 g/mol. The van der Waals surface area contributed by atoms with E-state index in [1.54, 1.807) is 24.3 Å². The van der Waals surface area contributed by atoms with Gasteiger partial charge in [-0.1, -0.05) is 30.3 Å². The maximum Gasteiger partial charge on any atom is 0.390 e. The fraction of sp³-hybridized carbons (Fsp3) is 0.0909. The zero-order valence-electron chi connectivity index (χ0n) is 16.2. The van der Waals surface area contributed by atoms with Gasteiger partial charge in [-0.25, -0.2) is 9.59 Å². The second-order valence-electron chi connectivity index (χ2n) is 6.35. The number of carbonyl (C=O) groups is 2. The van der Waals surface area contributed by atoms with Gasteiger partial charge in [0.1, 0.15) is 5.69 Å². The van der Waals surface area contributed by atoms with Crippen LogP contribution in [0.4, 0.5) is 0 Å². The van der Waals surface area contributed by atoms with E-state index in [-0.39, 0.29) is 11.4 Å². The lowest BCUT2D eigenvalue weighted by atomic mass is 10.1. The van der Waals surface area contributed by atoms with Crippen molar-refractivity contribution >= 4 is 17.8 Å². The number of hydrogen-bond donors (Lipinski definition) is 0. The number of rotatable bonds is 3. The van der Waals surface area contributed by atoms with Crippen LogP contribution < -0.4 is 9.73 Å². The number of hydrogen-bond acceptors (Lipinski definition) is 5. The van der Waals surface area contributed by atoms with Gasteiger partial charge in [0.05, 0.1) is 19.3 Å². The van der Waals surface area contributed by atoms with Crippen molar-refractivity contribution in [2.24, 2.45) is 0 Å². The Morgan fingerprint density at radius 2 is 1.67 bits per heavy atom. The molecule has 0 unspecified atom stereocenters. The highest BCUT2D eigenvalue weighted by Gasteiger charge is 2.37. The van der Waals surface area contributed by atoms with Gasteiger partial charge in [-0.3, -0.25) is 5.87 Å². The Balaban J connectivity index is 2.24. The van der Waals surface area contributed by atoms with Crippen LogP contribution in [0, 0.1) is 10.6 Å². The molecule has 148 valence electrons. The molecule has 0 saturated carbocycles. The van der Waals surface area contributed by atoms with Crippen molar-refractivity contribution in [2.75, 3.05) is 14.2 Å². The van der Waals surface area contributed by atoms with Crippen molar-refractivity contribution in [3.05, 3.63) is 93.2 Å². The number of esters is 2. The largest absolute Gasteiger partial charge is 0.763 e. The second-order valence-corrected chi connectivity index (χ2v) is 6.35. The summed E-state index contributed by atoms with van der Waals surface area (Å²) in [5.41, 5.74) is 1.29. The number of fused-ring (bicyclic) bond motifs is 1. The maximum atomic E-state index is 12.6. The molecule has 0 saturated heterocycles. The van der Waals surface area contributed by atoms with Gasteiger partial charge in [-0.2, -0.15) is 0 Å². The van der Waals surface area contributed by atoms with E-state index in [2.05, 4.69) is 11.0 Å². The second kappa shape index (κ2) is 7.62. The SMILES string of the molecule is COC(=O)c1nn2c(-c3ccccc3)cc(=c3ccc(=C=[N-])cc3)[n+]2c1C(=O)OC. The third-order valence-corrected chi connectivity index (χ3v) is 4.67. The van der Waals surface area contributed by atoms with Crippen LogP contribution in [0.1, 0.15) is 21.0 Å². The third-order valence-electron chi connectivity index (χ3n) is 4.67. The average Bonchev–Trinajstić information content (AvgIpc) is 3.36. The molecule has 0 aliphatic heterocycles. The number of benzene rings is 2. The highest BCUT2D eigenvalue weighted by molar-refractivity contribution is 5.99. The lowest BCUT2D eigenvalue weighted by Gasteiger charge is -1.94. The summed E-state index contributed by atoms with van der Waals surface area (Å²) in [5.74, 6) is 0.600. The van der Waals surface area contributed by atoms with Crippen LogP contribution in [0.5, 0.6) is 0 Å². The summed E-state index contributed by atoms with van der Waals surface area (Å²) in [6.45, 7) is 0. The van der Waals surface area contributed by atoms with Crippen molar-refractivity contribution < 1.29 is 23.6 Å². The average molecular weight is 400 g/mol. The smallest absolute Gasteiger partial charge is 0.390 e. The third kappa shape index (κ3) is 3.01. The van der Waals surface area contributed by atoms with Crippen LogP contribution in [0.3, 0.4) is 0 Å². The summed E-state index contributed by atoms with van der Waals surface area (Å²) in [4.78, 5) is 25.0. The lowest BCUT2D eigenvalue weighted by molar-refractivity contribution is -0.629. The van der Waals surface area contributed by atoms with E-state index in [0.717, 1.165) is 10.8 Å². The zero-order chi connectivity index (χ0) is 21.3. The summed E-state index contributed by atoms with van der Waals surface area (Å²) < 4.78 is 12.7. The van der Waals surface area contributed by atoms with E-state index >= 15 is 0 Å². The number of nitrogens with zero attached hydrogens (tertiary/aromatic N) is 4. The lowest BCUT2D eigenvalue weighted by Crippen LogP contribution is -2.35. The maximum absolute atomic E-state index is 12.6. The molecule has 2 heterocycles. The Morgan fingerprint density at radius 3 is 2.27 bits per heavy atom. The molecule has 0 amide bonds. The topological polar surface area (TPSA) is 96.3 Å². The molecule has 0 radical (unpaired) electrons. The van der Waals surface area contributed by atoms with E-state index in [4.69, 9.17) is 14.9 Å². The molecule has 0 spiro atoms. The Bertz CT molecular complexity index is 1430. The predicted octanol–water partition coefficient (Wildman–Crippen LogP) is 1.08. The van der Waals surface area contributed by atoms with Gasteiger partial charge in [-0.05, 0) is 34.1 Å². The predicted molar refractivity (Wildman–Crippen MR) is 106 cm³/mol. The van der Waals surface area contributed by atoms with Crippen molar-refractivity contribution in [3.8, 4) is 11.3 Å². The highest BCUT2D eigenvalue weighted by atomic mass is 16.5. The normalized spacial score (nSPS) is 10.6. The van der Waals surface area contributed by atoms with Crippen molar-refractivity contribution in [3.63, 3.8) is 0 Å². The highest BCUT2D eigenvalue weighted by Crippen LogP contribution is 2.19. The van der Waals surface area contributed by atoms with E-state index in [9.17, 15) is 9.59 Å². The van der Waals surface area contributed by atoms with Gasteiger partial charge < -0.3 is 14.9 Å². The fourth-order valence-corrected chi connectivity index (χ4v) is 3.26. The van der Waals surface area contributed by atoms with Crippen LogP contribution in [-0.2, 0) is 9.47 Å². The van der Waals surface area contributed by atoms with Crippen LogP contribution in [0.25, 0.3) is 16.7 Å². The number of methoxy groups -OCH3 is 2. The van der Waals surface area contributed by atoms with Crippen LogP contribution in [0.2, 0.25) is 0 Å². The Hall–Kier alpha value is -4.29. The van der Waals surface area contributed by atoms with Crippen LogP contribution in [0.15, 0.2) is 60.7 Å². The van der Waals surface area contributed by atoms with Gasteiger partial charge in [-0.15, -0.1) is 4.52 Å². The molecule has 4 aromatic rings. The molecule has 8 heteroatoms. The summed E-state index contributed by atoms with van der Waals surface area (Å²) in [7, 11) is 2.45. The van der Waals surface area contributed by atoms with Crippen molar-refractivity contribution in [1.29, 1.82) is 0 Å². The quantitative estimate of drug-likeness (QED) is 0.291. The molecule has 0 bridgehead atoms. The van der Waals surface area contributed by atoms with Gasteiger partial charge in [0.25, 0.3) is 5.69 Å². The van der Waals surface area contributed by atoms with Crippen molar-refractivity contribution in [2.45, 2.75) is 0 Å². The number of aromatic nitrogens is 3. The first-order chi connectivity index (χ1) is 14.6. The van der Waals surface area contributed by atoms with E-state index in [1.165, 1.54) is 23.4 Å². The molecule has 2 aromatic carbocycles. The van der Waals surface area contributed by atoms with Crippen LogP contribution >= 0.6 is 0 Å². The minimum Gasteiger partial charge on any atom is -0.763 e. The molecule has 2 aromatic heterocycles. The molecule has 0 aliphatic carbocycles. The first kappa shape index (κ1) is 19.0. The Kier molecular flexibility index (Phi) is 4.83. The van der Waals surface area contributed by atoms with Gasteiger partial charge >= 0.3 is 17.6 Å². The van der Waals surface area contributed by atoms with Crippen LogP contribution in [-0.4, -0.2) is 41.8 Å². The summed E-state index contributed by atoms with van der Waals surface area (Å²) in [6, 6.07) is 18.2. The van der Waals surface area contributed by atoms with E-state index in [0.29, 0.717) is 16.3 Å². The molecule has 4 rings (SSSR count). The van der Waals surface area contributed by atoms with E-state index in [1.807, 2.05) is 36.4 Å². The van der Waals surface area contributed by atoms with Crippen molar-refractivity contribution in [1.82, 2.24) is 9.73 Å². The first-order valence-electron chi connectivity index (χ1n) is 8.96. The minimum absolute atomic E-state index is 0.0501. The number of ether oxygens (including phenoxy) is 2. The van der Waals surface area contributed by atoms with Gasteiger partial charge in [0.2, 0.25) is 0 Å². The zero-order valence-corrected chi connectivity index (χ0v) is 16.2. The molecular formula is C22H16N4O4. The molecule has 8 nitrogen and oxygen atoms in total. The molecule has 30 heavy (non-hydrogen) atoms. The summed E-state index contributed by atoms with van der Waals surface area (Å²) in [6.07, 6.45) is 0.